The van der Waals surface area contributed by atoms with Crippen molar-refractivity contribution >= 4 is 5.69 Å². The van der Waals surface area contributed by atoms with E-state index < -0.39 is 0 Å². The molecule has 2 aliphatic rings. The molecule has 0 aliphatic carbocycles. The molecule has 1 aromatic rings. The van der Waals surface area contributed by atoms with Crippen LogP contribution in [0.3, 0.4) is 0 Å². The Morgan fingerprint density at radius 3 is 2.60 bits per heavy atom. The number of nitrogens with two attached hydrogens (primary N) is 1. The van der Waals surface area contributed by atoms with Gasteiger partial charge in [-0.15, -0.1) is 0 Å². The van der Waals surface area contributed by atoms with Crippen LogP contribution in [0.1, 0.15) is 44.7 Å². The number of hydrogen-bond donors (Lipinski definition) is 1. The lowest BCUT2D eigenvalue weighted by atomic mass is 9.96. The average Bonchev–Trinajstić information content (AvgIpc) is 2.46. The average molecular weight is 273 g/mol. The summed E-state index contributed by atoms with van der Waals surface area (Å²) in [6.45, 7) is 8.08. The van der Waals surface area contributed by atoms with Crippen molar-refractivity contribution < 1.29 is 0 Å². The summed E-state index contributed by atoms with van der Waals surface area (Å²) in [5.41, 5.74) is 8.51. The summed E-state index contributed by atoms with van der Waals surface area (Å²) in [7, 11) is 0. The SMILES string of the molecule is CC(N)c1ccc(N2CC3CCCCN3CC2C)cc1. The fourth-order valence-electron chi connectivity index (χ4n) is 3.68. The summed E-state index contributed by atoms with van der Waals surface area (Å²) in [5.74, 6) is 0. The topological polar surface area (TPSA) is 32.5 Å². The van der Waals surface area contributed by atoms with Gasteiger partial charge in [-0.3, -0.25) is 4.90 Å². The van der Waals surface area contributed by atoms with E-state index in [1.165, 1.54) is 50.1 Å². The van der Waals surface area contributed by atoms with Crippen molar-refractivity contribution in [2.75, 3.05) is 24.5 Å². The van der Waals surface area contributed by atoms with Crippen LogP contribution in [0.2, 0.25) is 0 Å². The molecule has 1 aromatic carbocycles. The molecule has 110 valence electrons. The molecule has 3 rings (SSSR count). The van der Waals surface area contributed by atoms with Gasteiger partial charge in [0.1, 0.15) is 0 Å². The third-order valence-electron chi connectivity index (χ3n) is 4.94. The monoisotopic (exact) mass is 273 g/mol. The van der Waals surface area contributed by atoms with E-state index in [1.807, 2.05) is 6.92 Å². The van der Waals surface area contributed by atoms with Crippen molar-refractivity contribution in [2.24, 2.45) is 5.73 Å². The van der Waals surface area contributed by atoms with Gasteiger partial charge in [0.15, 0.2) is 0 Å². The predicted octanol–water partition coefficient (Wildman–Crippen LogP) is 2.77. The Balaban J connectivity index is 1.75. The quantitative estimate of drug-likeness (QED) is 0.899. The first-order valence-electron chi connectivity index (χ1n) is 8.01. The summed E-state index contributed by atoms with van der Waals surface area (Å²) in [4.78, 5) is 5.28. The Morgan fingerprint density at radius 2 is 1.90 bits per heavy atom. The van der Waals surface area contributed by atoms with Gasteiger partial charge in [0.05, 0.1) is 0 Å². The summed E-state index contributed by atoms with van der Waals surface area (Å²) in [6, 6.07) is 10.3. The van der Waals surface area contributed by atoms with E-state index in [4.69, 9.17) is 5.73 Å². The molecular weight excluding hydrogens is 246 g/mol. The Labute approximate surface area is 122 Å². The van der Waals surface area contributed by atoms with Crippen LogP contribution < -0.4 is 10.6 Å². The summed E-state index contributed by atoms with van der Waals surface area (Å²) in [5, 5.41) is 0. The van der Waals surface area contributed by atoms with E-state index in [0.29, 0.717) is 6.04 Å². The number of benzene rings is 1. The van der Waals surface area contributed by atoms with Gasteiger partial charge >= 0.3 is 0 Å². The third kappa shape index (κ3) is 2.70. The lowest BCUT2D eigenvalue weighted by Crippen LogP contribution is -2.58. The normalized spacial score (nSPS) is 29.1. The van der Waals surface area contributed by atoms with Crippen LogP contribution in [-0.2, 0) is 0 Å². The lowest BCUT2D eigenvalue weighted by molar-refractivity contribution is 0.115. The zero-order valence-electron chi connectivity index (χ0n) is 12.8. The molecule has 3 heteroatoms. The predicted molar refractivity (Wildman–Crippen MR) is 85.1 cm³/mol. The number of fused-ring (bicyclic) bond motifs is 1. The number of nitrogens with zero attached hydrogens (tertiary/aromatic N) is 2. The summed E-state index contributed by atoms with van der Waals surface area (Å²) in [6.07, 6.45) is 4.14. The smallest absolute Gasteiger partial charge is 0.0389 e. The molecule has 0 saturated carbocycles. The number of piperazine rings is 1. The molecular formula is C17H27N3. The van der Waals surface area contributed by atoms with Crippen molar-refractivity contribution in [1.29, 1.82) is 0 Å². The first kappa shape index (κ1) is 13.9. The molecule has 2 N–H and O–H groups in total. The van der Waals surface area contributed by atoms with Gasteiger partial charge in [-0.25, -0.2) is 0 Å². The van der Waals surface area contributed by atoms with Gasteiger partial charge in [0.25, 0.3) is 0 Å². The third-order valence-corrected chi connectivity index (χ3v) is 4.94. The molecule has 20 heavy (non-hydrogen) atoms. The van der Waals surface area contributed by atoms with E-state index >= 15 is 0 Å². The van der Waals surface area contributed by atoms with Crippen LogP contribution in [-0.4, -0.2) is 36.6 Å². The highest BCUT2D eigenvalue weighted by atomic mass is 15.3. The van der Waals surface area contributed by atoms with Gasteiger partial charge in [-0.1, -0.05) is 18.6 Å². The van der Waals surface area contributed by atoms with Crippen molar-refractivity contribution in [2.45, 2.75) is 51.2 Å². The van der Waals surface area contributed by atoms with Gasteiger partial charge < -0.3 is 10.6 Å². The fourth-order valence-corrected chi connectivity index (χ4v) is 3.68. The van der Waals surface area contributed by atoms with Crippen molar-refractivity contribution in [1.82, 2.24) is 4.90 Å². The zero-order valence-corrected chi connectivity index (χ0v) is 12.8. The van der Waals surface area contributed by atoms with Crippen LogP contribution in [0.4, 0.5) is 5.69 Å². The molecule has 0 radical (unpaired) electrons. The molecule has 3 atom stereocenters. The maximum Gasteiger partial charge on any atom is 0.0389 e. The van der Waals surface area contributed by atoms with Crippen LogP contribution in [0.25, 0.3) is 0 Å². The number of anilines is 1. The van der Waals surface area contributed by atoms with E-state index in [9.17, 15) is 0 Å². The highest BCUT2D eigenvalue weighted by molar-refractivity contribution is 5.49. The minimum atomic E-state index is 0.122. The van der Waals surface area contributed by atoms with Crippen molar-refractivity contribution in [3.05, 3.63) is 29.8 Å². The van der Waals surface area contributed by atoms with Gasteiger partial charge in [-0.05, 0) is 50.9 Å². The van der Waals surface area contributed by atoms with Crippen LogP contribution in [0.5, 0.6) is 0 Å². The molecule has 2 saturated heterocycles. The van der Waals surface area contributed by atoms with Gasteiger partial charge in [0, 0.05) is 36.9 Å². The molecule has 0 bridgehead atoms. The molecule has 0 aromatic heterocycles. The highest BCUT2D eigenvalue weighted by Gasteiger charge is 2.32. The largest absolute Gasteiger partial charge is 0.366 e. The van der Waals surface area contributed by atoms with E-state index in [-0.39, 0.29) is 6.04 Å². The van der Waals surface area contributed by atoms with Crippen LogP contribution in [0, 0.1) is 0 Å². The van der Waals surface area contributed by atoms with E-state index in [2.05, 4.69) is 41.0 Å². The molecule has 0 amide bonds. The standard InChI is InChI=1S/C17H27N3/c1-13-11-19-10-4-3-5-17(19)12-20(13)16-8-6-15(7-9-16)14(2)18/h6-9,13-14,17H,3-5,10-12,18H2,1-2H3. The fraction of sp³-hybridized carbons (Fsp3) is 0.647. The number of rotatable bonds is 2. The highest BCUT2D eigenvalue weighted by Crippen LogP contribution is 2.28. The maximum absolute atomic E-state index is 5.94. The second-order valence-electron chi connectivity index (χ2n) is 6.53. The van der Waals surface area contributed by atoms with Crippen LogP contribution >= 0.6 is 0 Å². The molecule has 2 aliphatic heterocycles. The number of piperidine rings is 1. The Kier molecular flexibility index (Phi) is 3.99. The van der Waals surface area contributed by atoms with Crippen molar-refractivity contribution in [3.63, 3.8) is 0 Å². The Hall–Kier alpha value is -1.06. The summed E-state index contributed by atoms with van der Waals surface area (Å²) < 4.78 is 0. The Morgan fingerprint density at radius 1 is 1.15 bits per heavy atom. The molecule has 2 fully saturated rings. The summed E-state index contributed by atoms with van der Waals surface area (Å²) >= 11 is 0. The van der Waals surface area contributed by atoms with Gasteiger partial charge in [0.2, 0.25) is 0 Å². The second-order valence-corrected chi connectivity index (χ2v) is 6.53. The second kappa shape index (κ2) is 5.74. The maximum atomic E-state index is 5.94. The van der Waals surface area contributed by atoms with E-state index in [1.54, 1.807) is 0 Å². The van der Waals surface area contributed by atoms with Crippen molar-refractivity contribution in [3.8, 4) is 0 Å². The molecule has 0 spiro atoms. The number of hydrogen-bond acceptors (Lipinski definition) is 3. The van der Waals surface area contributed by atoms with E-state index in [0.717, 1.165) is 6.04 Å². The lowest BCUT2D eigenvalue weighted by Gasteiger charge is -2.48. The minimum Gasteiger partial charge on any atom is -0.366 e. The Bertz CT molecular complexity index is 440. The molecule has 2 heterocycles. The zero-order chi connectivity index (χ0) is 14.1. The minimum absolute atomic E-state index is 0.122. The first-order valence-corrected chi connectivity index (χ1v) is 8.01. The van der Waals surface area contributed by atoms with Gasteiger partial charge in [-0.2, -0.15) is 0 Å². The molecule has 3 nitrogen and oxygen atoms in total. The molecule has 3 unspecified atom stereocenters. The van der Waals surface area contributed by atoms with Crippen LogP contribution in [0.15, 0.2) is 24.3 Å². The first-order chi connectivity index (χ1) is 9.65.